The van der Waals surface area contributed by atoms with Gasteiger partial charge in [0.05, 0.1) is 27.2 Å². The summed E-state index contributed by atoms with van der Waals surface area (Å²) >= 11 is 1.16. The Kier molecular flexibility index (Phi) is 8.35. The molecule has 0 fully saturated rings. The highest BCUT2D eigenvalue weighted by molar-refractivity contribution is 7.99. The average Bonchev–Trinajstić information content (AvgIpc) is 2.90. The minimum absolute atomic E-state index is 0.00905. The number of fused-ring (bicyclic) bond motifs is 1. The third kappa shape index (κ3) is 5.67. The summed E-state index contributed by atoms with van der Waals surface area (Å²) in [4.78, 5) is 31.1. The maximum Gasteiger partial charge on any atom is 0.266 e. The van der Waals surface area contributed by atoms with Gasteiger partial charge in [-0.3, -0.25) is 14.2 Å². The lowest BCUT2D eigenvalue weighted by Gasteiger charge is -2.18. The van der Waals surface area contributed by atoms with Crippen LogP contribution in [0.15, 0.2) is 81.6 Å². The number of anilines is 1. The molecule has 4 aromatic rings. The number of carbonyl (C=O) groups excluding carboxylic acids is 1. The van der Waals surface area contributed by atoms with Gasteiger partial charge in [0.2, 0.25) is 15.9 Å². The number of aromatic nitrogens is 2. The Balaban J connectivity index is 1.56. The van der Waals surface area contributed by atoms with Crippen molar-refractivity contribution in [3.05, 3.63) is 88.2 Å². The van der Waals surface area contributed by atoms with Crippen molar-refractivity contribution in [3.8, 4) is 5.69 Å². The number of hydrogen-bond acceptors (Lipinski definition) is 6. The SMILES string of the molecule is CCN(CC)S(=O)(=O)c1ccc(NC(=O)CSc2nc3ccccc3c(=O)n2-c2ccc(C)c(C)c2)cc1. The molecule has 1 N–H and O–H groups in total. The van der Waals surface area contributed by atoms with Crippen molar-refractivity contribution in [2.24, 2.45) is 0 Å². The van der Waals surface area contributed by atoms with Crippen molar-refractivity contribution in [3.63, 3.8) is 0 Å². The maximum atomic E-state index is 13.4. The van der Waals surface area contributed by atoms with Gasteiger partial charge in [-0.25, -0.2) is 13.4 Å². The standard InChI is InChI=1S/C28H30N4O4S2/c1-5-31(6-2)38(35,36)23-15-12-21(13-16-23)29-26(33)18-37-28-30-25-10-8-7-9-24(25)27(34)32(28)22-14-11-19(3)20(4)17-22/h7-17H,5-6,18H2,1-4H3,(H,29,33). The van der Waals surface area contributed by atoms with Gasteiger partial charge in [0.25, 0.3) is 5.56 Å². The Morgan fingerprint density at radius 2 is 1.66 bits per heavy atom. The molecule has 0 saturated carbocycles. The summed E-state index contributed by atoms with van der Waals surface area (Å²) in [7, 11) is -3.58. The molecule has 8 nitrogen and oxygen atoms in total. The van der Waals surface area contributed by atoms with Crippen LogP contribution >= 0.6 is 11.8 Å². The fourth-order valence-electron chi connectivity index (χ4n) is 4.05. The molecule has 0 aliphatic carbocycles. The number of thioether (sulfide) groups is 1. The van der Waals surface area contributed by atoms with Crippen LogP contribution in [0.2, 0.25) is 0 Å². The Hall–Kier alpha value is -3.47. The molecule has 0 atom stereocenters. The second kappa shape index (κ2) is 11.5. The Morgan fingerprint density at radius 3 is 2.32 bits per heavy atom. The Morgan fingerprint density at radius 1 is 0.974 bits per heavy atom. The zero-order valence-electron chi connectivity index (χ0n) is 21.8. The lowest BCUT2D eigenvalue weighted by molar-refractivity contribution is -0.113. The van der Waals surface area contributed by atoms with E-state index in [4.69, 9.17) is 0 Å². The van der Waals surface area contributed by atoms with Crippen LogP contribution in [0.25, 0.3) is 16.6 Å². The molecule has 1 amide bonds. The zero-order chi connectivity index (χ0) is 27.4. The van der Waals surface area contributed by atoms with Gasteiger partial charge in [-0.05, 0) is 73.5 Å². The van der Waals surface area contributed by atoms with E-state index in [2.05, 4.69) is 10.3 Å². The molecule has 0 saturated heterocycles. The van der Waals surface area contributed by atoms with Crippen molar-refractivity contribution in [1.82, 2.24) is 13.9 Å². The summed E-state index contributed by atoms with van der Waals surface area (Å²) in [5, 5.41) is 3.70. The number of sulfonamides is 1. The molecule has 4 rings (SSSR count). The molecule has 3 aromatic carbocycles. The number of amides is 1. The number of nitrogens with one attached hydrogen (secondary N) is 1. The highest BCUT2D eigenvalue weighted by Crippen LogP contribution is 2.24. The highest BCUT2D eigenvalue weighted by atomic mass is 32.2. The number of para-hydroxylation sites is 1. The van der Waals surface area contributed by atoms with Gasteiger partial charge in [-0.15, -0.1) is 0 Å². The summed E-state index contributed by atoms with van der Waals surface area (Å²) in [6.07, 6.45) is 0. The van der Waals surface area contributed by atoms with Gasteiger partial charge in [0, 0.05) is 18.8 Å². The highest BCUT2D eigenvalue weighted by Gasteiger charge is 2.21. The van der Waals surface area contributed by atoms with Crippen LogP contribution in [0.3, 0.4) is 0 Å². The van der Waals surface area contributed by atoms with E-state index in [9.17, 15) is 18.0 Å². The third-order valence-electron chi connectivity index (χ3n) is 6.31. The van der Waals surface area contributed by atoms with Crippen LogP contribution in [0, 0.1) is 13.8 Å². The van der Waals surface area contributed by atoms with E-state index in [1.807, 2.05) is 38.1 Å². The Labute approximate surface area is 226 Å². The van der Waals surface area contributed by atoms with Crippen molar-refractivity contribution in [1.29, 1.82) is 0 Å². The second-order valence-corrected chi connectivity index (χ2v) is 11.7. The molecule has 0 aliphatic heterocycles. The predicted molar refractivity (Wildman–Crippen MR) is 153 cm³/mol. The summed E-state index contributed by atoms with van der Waals surface area (Å²) in [6.45, 7) is 8.33. The van der Waals surface area contributed by atoms with Gasteiger partial charge < -0.3 is 5.32 Å². The number of benzene rings is 3. The second-order valence-electron chi connectivity index (χ2n) is 8.77. The largest absolute Gasteiger partial charge is 0.325 e. The lowest BCUT2D eigenvalue weighted by Crippen LogP contribution is -2.30. The molecule has 0 spiro atoms. The molecular weight excluding hydrogens is 520 g/mol. The third-order valence-corrected chi connectivity index (χ3v) is 9.31. The number of carbonyl (C=O) groups is 1. The molecule has 198 valence electrons. The van der Waals surface area contributed by atoms with E-state index in [0.29, 0.717) is 40.5 Å². The van der Waals surface area contributed by atoms with Crippen molar-refractivity contribution in [2.75, 3.05) is 24.2 Å². The molecule has 1 heterocycles. The van der Waals surface area contributed by atoms with Crippen LogP contribution in [0.5, 0.6) is 0 Å². The van der Waals surface area contributed by atoms with Gasteiger partial charge in [-0.2, -0.15) is 4.31 Å². The summed E-state index contributed by atoms with van der Waals surface area (Å²) in [5.41, 5.74) is 3.68. The first-order valence-corrected chi connectivity index (χ1v) is 14.7. The quantitative estimate of drug-likeness (QED) is 0.238. The minimum atomic E-state index is -3.58. The van der Waals surface area contributed by atoms with Crippen LogP contribution < -0.4 is 10.9 Å². The monoisotopic (exact) mass is 550 g/mol. The van der Waals surface area contributed by atoms with E-state index < -0.39 is 10.0 Å². The van der Waals surface area contributed by atoms with Gasteiger partial charge >= 0.3 is 0 Å². The van der Waals surface area contributed by atoms with E-state index in [1.54, 1.807) is 48.7 Å². The first-order chi connectivity index (χ1) is 18.1. The molecule has 1 aromatic heterocycles. The van der Waals surface area contributed by atoms with Gasteiger partial charge in [0.15, 0.2) is 5.16 Å². The van der Waals surface area contributed by atoms with E-state index in [-0.39, 0.29) is 22.1 Å². The fourth-order valence-corrected chi connectivity index (χ4v) is 6.32. The summed E-state index contributed by atoms with van der Waals surface area (Å²) in [6, 6.07) is 19.0. The van der Waals surface area contributed by atoms with Crippen molar-refractivity contribution in [2.45, 2.75) is 37.7 Å². The number of aryl methyl sites for hydroxylation is 2. The van der Waals surface area contributed by atoms with E-state index in [1.165, 1.54) is 16.4 Å². The lowest BCUT2D eigenvalue weighted by atomic mass is 10.1. The van der Waals surface area contributed by atoms with Crippen LogP contribution in [0.4, 0.5) is 5.69 Å². The molecule has 38 heavy (non-hydrogen) atoms. The predicted octanol–water partition coefficient (Wildman–Crippen LogP) is 4.76. The first-order valence-electron chi connectivity index (χ1n) is 12.3. The fraction of sp³-hybridized carbons (Fsp3) is 0.250. The van der Waals surface area contributed by atoms with Crippen LogP contribution in [0.1, 0.15) is 25.0 Å². The van der Waals surface area contributed by atoms with Crippen molar-refractivity contribution >= 4 is 44.3 Å². The molecule has 0 bridgehead atoms. The average molecular weight is 551 g/mol. The van der Waals surface area contributed by atoms with Crippen molar-refractivity contribution < 1.29 is 13.2 Å². The van der Waals surface area contributed by atoms with Gasteiger partial charge in [-0.1, -0.05) is 43.8 Å². The first kappa shape index (κ1) is 27.6. The van der Waals surface area contributed by atoms with Gasteiger partial charge in [0.1, 0.15) is 0 Å². The molecule has 0 radical (unpaired) electrons. The minimum Gasteiger partial charge on any atom is -0.325 e. The Bertz CT molecular complexity index is 1640. The smallest absolute Gasteiger partial charge is 0.266 e. The molecular formula is C28H30N4O4S2. The summed E-state index contributed by atoms with van der Waals surface area (Å²) < 4.78 is 28.3. The number of nitrogens with zero attached hydrogens (tertiary/aromatic N) is 3. The summed E-state index contributed by atoms with van der Waals surface area (Å²) in [5.74, 6) is -0.293. The van der Waals surface area contributed by atoms with Crippen LogP contribution in [-0.2, 0) is 14.8 Å². The topological polar surface area (TPSA) is 101 Å². The van der Waals surface area contributed by atoms with E-state index >= 15 is 0 Å². The number of rotatable bonds is 9. The molecule has 10 heteroatoms. The zero-order valence-corrected chi connectivity index (χ0v) is 23.4. The number of hydrogen-bond donors (Lipinski definition) is 1. The van der Waals surface area contributed by atoms with Crippen LogP contribution in [-0.4, -0.2) is 47.0 Å². The molecule has 0 unspecified atom stereocenters. The molecule has 0 aliphatic rings. The maximum absolute atomic E-state index is 13.4. The normalized spacial score (nSPS) is 11.7. The van der Waals surface area contributed by atoms with E-state index in [0.717, 1.165) is 22.9 Å².